The van der Waals surface area contributed by atoms with Gasteiger partial charge in [-0.15, -0.1) is 0 Å². The van der Waals surface area contributed by atoms with E-state index in [0.29, 0.717) is 11.5 Å². The van der Waals surface area contributed by atoms with E-state index in [1.54, 1.807) is 0 Å². The van der Waals surface area contributed by atoms with Crippen molar-refractivity contribution in [2.75, 3.05) is 0 Å². The fraction of sp³-hybridized carbons (Fsp3) is 0.812. The lowest BCUT2D eigenvalue weighted by atomic mass is 9.48. The van der Waals surface area contributed by atoms with Crippen molar-refractivity contribution in [1.82, 2.24) is 15.5 Å². The molecule has 0 aromatic carbocycles. The second-order valence-corrected chi connectivity index (χ2v) is 7.49. The van der Waals surface area contributed by atoms with Crippen LogP contribution in [-0.4, -0.2) is 16.2 Å². The summed E-state index contributed by atoms with van der Waals surface area (Å²) in [5.74, 6) is 3.14. The lowest BCUT2D eigenvalue weighted by molar-refractivity contribution is -0.0706. The van der Waals surface area contributed by atoms with Gasteiger partial charge in [0.25, 0.3) is 0 Å². The van der Waals surface area contributed by atoms with Crippen molar-refractivity contribution in [3.8, 4) is 0 Å². The third-order valence-electron chi connectivity index (χ3n) is 6.17. The molecule has 0 spiro atoms. The number of nitrogens with one attached hydrogen (secondary N) is 2. The molecule has 1 aromatic rings. The van der Waals surface area contributed by atoms with Gasteiger partial charge in [-0.05, 0) is 68.6 Å². The molecule has 4 aliphatic carbocycles. The van der Waals surface area contributed by atoms with Crippen molar-refractivity contribution < 1.29 is 0 Å². The summed E-state index contributed by atoms with van der Waals surface area (Å²) in [6.45, 7) is 3.38. The first kappa shape index (κ1) is 12.0. The molecule has 1 atom stereocenters. The second-order valence-electron chi connectivity index (χ2n) is 7.49. The maximum Gasteiger partial charge on any atom is 0.0532 e. The van der Waals surface area contributed by atoms with E-state index >= 15 is 0 Å². The molecule has 0 aliphatic heterocycles. The van der Waals surface area contributed by atoms with Crippen molar-refractivity contribution >= 4 is 0 Å². The zero-order chi connectivity index (χ0) is 12.9. The Labute approximate surface area is 115 Å². The molecular weight excluding hydrogens is 234 g/mol. The maximum absolute atomic E-state index is 4.03. The zero-order valence-electron chi connectivity index (χ0n) is 11.9. The van der Waals surface area contributed by atoms with Gasteiger partial charge in [-0.1, -0.05) is 0 Å². The van der Waals surface area contributed by atoms with E-state index in [-0.39, 0.29) is 0 Å². The quantitative estimate of drug-likeness (QED) is 0.872. The first-order valence-electron chi connectivity index (χ1n) is 7.94. The summed E-state index contributed by atoms with van der Waals surface area (Å²) in [4.78, 5) is 0. The minimum atomic E-state index is 0.610. The number of hydrogen-bond acceptors (Lipinski definition) is 2. The maximum atomic E-state index is 4.03. The predicted octanol–water partition coefficient (Wildman–Crippen LogP) is 3.10. The molecule has 2 N–H and O–H groups in total. The van der Waals surface area contributed by atoms with Gasteiger partial charge in [0.05, 0.1) is 6.20 Å². The lowest BCUT2D eigenvalue weighted by Crippen LogP contribution is -2.54. The van der Waals surface area contributed by atoms with Gasteiger partial charge in [-0.2, -0.15) is 5.10 Å². The molecular formula is C16H25N3. The Bertz CT molecular complexity index is 402. The van der Waals surface area contributed by atoms with Crippen molar-refractivity contribution in [1.29, 1.82) is 0 Å². The van der Waals surface area contributed by atoms with Crippen LogP contribution in [0, 0.1) is 23.2 Å². The smallest absolute Gasteiger partial charge is 0.0532 e. The van der Waals surface area contributed by atoms with Crippen LogP contribution >= 0.6 is 0 Å². The minimum absolute atomic E-state index is 0.610. The minimum Gasteiger partial charge on any atom is -0.310 e. The highest BCUT2D eigenvalue weighted by Gasteiger charge is 2.52. The van der Waals surface area contributed by atoms with E-state index in [4.69, 9.17) is 0 Å². The second kappa shape index (κ2) is 4.34. The standard InChI is InChI=1S/C16H25N3/c1-11(17-8-15-9-18-19-10-15)16-5-12-2-13(6-16)4-14(3-12)7-16/h9-14,17H,2-8H2,1H3,(H,18,19). The third kappa shape index (κ3) is 2.03. The van der Waals surface area contributed by atoms with E-state index in [1.165, 1.54) is 44.1 Å². The van der Waals surface area contributed by atoms with Crippen LogP contribution in [0.5, 0.6) is 0 Å². The largest absolute Gasteiger partial charge is 0.310 e. The Kier molecular flexibility index (Phi) is 2.73. The molecule has 0 saturated heterocycles. The van der Waals surface area contributed by atoms with Crippen LogP contribution in [-0.2, 0) is 6.54 Å². The lowest BCUT2D eigenvalue weighted by Gasteiger charge is -2.59. The van der Waals surface area contributed by atoms with Gasteiger partial charge in [0.1, 0.15) is 0 Å². The first-order chi connectivity index (χ1) is 9.23. The number of nitrogens with zero attached hydrogens (tertiary/aromatic N) is 1. The zero-order valence-corrected chi connectivity index (χ0v) is 11.9. The SMILES string of the molecule is CC(NCc1cn[nH]c1)C12CC3CC(CC(C3)C1)C2. The number of H-pyrrole nitrogens is 1. The highest BCUT2D eigenvalue weighted by atomic mass is 15.1. The summed E-state index contributed by atoms with van der Waals surface area (Å²) < 4.78 is 0. The summed E-state index contributed by atoms with van der Waals surface area (Å²) in [5.41, 5.74) is 1.88. The Morgan fingerprint density at radius 3 is 2.42 bits per heavy atom. The summed E-state index contributed by atoms with van der Waals surface area (Å²) in [6, 6.07) is 0.649. The van der Waals surface area contributed by atoms with Gasteiger partial charge in [0, 0.05) is 24.3 Å². The first-order valence-corrected chi connectivity index (χ1v) is 7.94. The normalized spacial score (nSPS) is 41.6. The number of aromatic nitrogens is 2. The fourth-order valence-electron chi connectivity index (χ4n) is 5.57. The van der Waals surface area contributed by atoms with Gasteiger partial charge in [0.2, 0.25) is 0 Å². The van der Waals surface area contributed by atoms with E-state index in [2.05, 4.69) is 22.4 Å². The summed E-state index contributed by atoms with van der Waals surface area (Å²) in [6.07, 6.45) is 13.0. The molecule has 1 heterocycles. The molecule has 4 fully saturated rings. The molecule has 4 bridgehead atoms. The van der Waals surface area contributed by atoms with Crippen LogP contribution in [0.2, 0.25) is 0 Å². The summed E-state index contributed by atoms with van der Waals surface area (Å²) in [5, 5.41) is 10.7. The Morgan fingerprint density at radius 2 is 1.89 bits per heavy atom. The predicted molar refractivity (Wildman–Crippen MR) is 75.5 cm³/mol. The summed E-state index contributed by atoms with van der Waals surface area (Å²) in [7, 11) is 0. The van der Waals surface area contributed by atoms with E-state index in [9.17, 15) is 0 Å². The molecule has 1 unspecified atom stereocenters. The molecule has 5 rings (SSSR count). The fourth-order valence-corrected chi connectivity index (χ4v) is 5.57. The van der Waals surface area contributed by atoms with Crippen LogP contribution in [0.4, 0.5) is 0 Å². The third-order valence-corrected chi connectivity index (χ3v) is 6.17. The molecule has 3 heteroatoms. The van der Waals surface area contributed by atoms with Crippen LogP contribution in [0.25, 0.3) is 0 Å². The van der Waals surface area contributed by atoms with Gasteiger partial charge < -0.3 is 5.32 Å². The summed E-state index contributed by atoms with van der Waals surface area (Å²) >= 11 is 0. The van der Waals surface area contributed by atoms with E-state index < -0.39 is 0 Å². The Hall–Kier alpha value is -0.830. The average Bonchev–Trinajstić information content (AvgIpc) is 2.87. The van der Waals surface area contributed by atoms with Crippen LogP contribution in [0.1, 0.15) is 51.0 Å². The highest BCUT2D eigenvalue weighted by molar-refractivity contribution is 5.07. The van der Waals surface area contributed by atoms with Gasteiger partial charge >= 0.3 is 0 Å². The monoisotopic (exact) mass is 259 g/mol. The van der Waals surface area contributed by atoms with Crippen molar-refractivity contribution in [2.45, 2.75) is 58.0 Å². The van der Waals surface area contributed by atoms with Gasteiger partial charge in [-0.3, -0.25) is 5.10 Å². The number of rotatable bonds is 4. The van der Waals surface area contributed by atoms with E-state index in [0.717, 1.165) is 24.3 Å². The Morgan fingerprint density at radius 1 is 1.26 bits per heavy atom. The Balaban J connectivity index is 1.45. The molecule has 1 aromatic heterocycles. The molecule has 4 saturated carbocycles. The van der Waals surface area contributed by atoms with Crippen molar-refractivity contribution in [2.24, 2.45) is 23.2 Å². The molecule has 104 valence electrons. The van der Waals surface area contributed by atoms with Crippen LogP contribution < -0.4 is 5.32 Å². The molecule has 0 amide bonds. The van der Waals surface area contributed by atoms with Crippen LogP contribution in [0.3, 0.4) is 0 Å². The van der Waals surface area contributed by atoms with Crippen LogP contribution in [0.15, 0.2) is 12.4 Å². The highest BCUT2D eigenvalue weighted by Crippen LogP contribution is 2.61. The number of hydrogen-bond donors (Lipinski definition) is 2. The van der Waals surface area contributed by atoms with Crippen molar-refractivity contribution in [3.63, 3.8) is 0 Å². The molecule has 0 radical (unpaired) electrons. The molecule has 3 nitrogen and oxygen atoms in total. The van der Waals surface area contributed by atoms with Gasteiger partial charge in [-0.25, -0.2) is 0 Å². The average molecular weight is 259 g/mol. The van der Waals surface area contributed by atoms with Gasteiger partial charge in [0.15, 0.2) is 0 Å². The molecule has 4 aliphatic rings. The number of aromatic amines is 1. The topological polar surface area (TPSA) is 40.7 Å². The molecule has 19 heavy (non-hydrogen) atoms. The van der Waals surface area contributed by atoms with E-state index in [1.807, 2.05) is 12.4 Å². The van der Waals surface area contributed by atoms with Crippen molar-refractivity contribution in [3.05, 3.63) is 18.0 Å².